The highest BCUT2D eigenvalue weighted by molar-refractivity contribution is 5.66. The molecule has 0 unspecified atom stereocenters. The lowest BCUT2D eigenvalue weighted by Gasteiger charge is -2.23. The maximum Gasteiger partial charge on any atom is 0.242 e. The molecule has 0 bridgehead atoms. The molecule has 1 aliphatic rings. The van der Waals surface area contributed by atoms with E-state index >= 15 is 0 Å². The smallest absolute Gasteiger partial charge is 0.242 e. The van der Waals surface area contributed by atoms with Crippen LogP contribution in [0.4, 0.5) is 11.5 Å². The maximum atomic E-state index is 10.3. The number of nitrogens with zero attached hydrogens (tertiary/aromatic N) is 2. The lowest BCUT2D eigenvalue weighted by atomic mass is 10.0. The van der Waals surface area contributed by atoms with E-state index in [0.717, 1.165) is 32.1 Å². The van der Waals surface area contributed by atoms with Crippen LogP contribution < -0.4 is 15.8 Å². The summed E-state index contributed by atoms with van der Waals surface area (Å²) in [5, 5.41) is 13.4. The molecule has 4 N–H and O–H groups in total. The third kappa shape index (κ3) is 3.47. The van der Waals surface area contributed by atoms with Gasteiger partial charge in [0.25, 0.3) is 0 Å². The summed E-state index contributed by atoms with van der Waals surface area (Å²) in [6.07, 6.45) is 6.10. The highest BCUT2D eigenvalue weighted by Crippen LogP contribution is 2.31. The molecule has 6 nitrogen and oxygen atoms in total. The molecular weight excluding hydrogens is 244 g/mol. The average Bonchev–Trinajstić information content (AvgIpc) is 2.84. The summed E-state index contributed by atoms with van der Waals surface area (Å²) < 4.78 is 5.44. The second-order valence-corrected chi connectivity index (χ2v) is 5.07. The van der Waals surface area contributed by atoms with Crippen LogP contribution in [0.15, 0.2) is 6.33 Å². The lowest BCUT2D eigenvalue weighted by molar-refractivity contribution is 0.0614. The van der Waals surface area contributed by atoms with Crippen molar-refractivity contribution in [3.8, 4) is 5.88 Å². The third-order valence-corrected chi connectivity index (χ3v) is 3.41. The van der Waals surface area contributed by atoms with Crippen molar-refractivity contribution in [2.45, 2.75) is 44.6 Å². The zero-order chi connectivity index (χ0) is 13.7. The standard InChI is InChI=1S/C13H22N4O2/c1-2-7-19-12-10(14)11(16-9-17-12)15-8-13(18)5-3-4-6-13/h9,18H,2-8,14H2,1H3,(H,15,16,17). The fraction of sp³-hybridized carbons (Fsp3) is 0.692. The SMILES string of the molecule is CCCOc1ncnc(NCC2(O)CCCC2)c1N. The van der Waals surface area contributed by atoms with Gasteiger partial charge in [0.05, 0.1) is 12.2 Å². The van der Waals surface area contributed by atoms with E-state index in [-0.39, 0.29) is 0 Å². The molecule has 0 spiro atoms. The van der Waals surface area contributed by atoms with E-state index in [2.05, 4.69) is 15.3 Å². The molecule has 1 fully saturated rings. The van der Waals surface area contributed by atoms with E-state index in [0.29, 0.717) is 30.5 Å². The molecule has 19 heavy (non-hydrogen) atoms. The second kappa shape index (κ2) is 6.06. The Morgan fingerprint density at radius 3 is 2.84 bits per heavy atom. The molecule has 0 radical (unpaired) electrons. The summed E-state index contributed by atoms with van der Waals surface area (Å²) in [5.41, 5.74) is 5.72. The van der Waals surface area contributed by atoms with E-state index in [1.54, 1.807) is 0 Å². The van der Waals surface area contributed by atoms with Gasteiger partial charge in [0.15, 0.2) is 5.82 Å². The van der Waals surface area contributed by atoms with Crippen molar-refractivity contribution in [3.63, 3.8) is 0 Å². The highest BCUT2D eigenvalue weighted by atomic mass is 16.5. The number of ether oxygens (including phenoxy) is 1. The Labute approximate surface area is 113 Å². The first-order chi connectivity index (χ1) is 9.14. The van der Waals surface area contributed by atoms with Gasteiger partial charge in [0.2, 0.25) is 5.88 Å². The third-order valence-electron chi connectivity index (χ3n) is 3.41. The molecule has 0 aliphatic heterocycles. The number of aliphatic hydroxyl groups is 1. The quantitative estimate of drug-likeness (QED) is 0.723. The van der Waals surface area contributed by atoms with Gasteiger partial charge in [0.1, 0.15) is 12.0 Å². The van der Waals surface area contributed by atoms with Crippen molar-refractivity contribution < 1.29 is 9.84 Å². The van der Waals surface area contributed by atoms with Crippen molar-refractivity contribution >= 4 is 11.5 Å². The van der Waals surface area contributed by atoms with Crippen molar-refractivity contribution in [2.24, 2.45) is 0 Å². The van der Waals surface area contributed by atoms with Crippen molar-refractivity contribution in [1.82, 2.24) is 9.97 Å². The van der Waals surface area contributed by atoms with Crippen LogP contribution in [0.1, 0.15) is 39.0 Å². The predicted molar refractivity (Wildman–Crippen MR) is 74.1 cm³/mol. The van der Waals surface area contributed by atoms with Crippen LogP contribution >= 0.6 is 0 Å². The van der Waals surface area contributed by atoms with Gasteiger partial charge in [-0.2, -0.15) is 4.98 Å². The number of anilines is 2. The zero-order valence-corrected chi connectivity index (χ0v) is 11.4. The monoisotopic (exact) mass is 266 g/mol. The van der Waals surface area contributed by atoms with Crippen LogP contribution in [-0.4, -0.2) is 33.8 Å². The summed E-state index contributed by atoms with van der Waals surface area (Å²) in [6, 6.07) is 0. The number of hydrogen-bond acceptors (Lipinski definition) is 6. The molecule has 1 aromatic heterocycles. The van der Waals surface area contributed by atoms with Crippen LogP contribution in [0, 0.1) is 0 Å². The number of hydrogen-bond donors (Lipinski definition) is 3. The van der Waals surface area contributed by atoms with Crippen LogP contribution in [0.2, 0.25) is 0 Å². The summed E-state index contributed by atoms with van der Waals surface area (Å²) in [5.74, 6) is 0.930. The Hall–Kier alpha value is -1.56. The Morgan fingerprint density at radius 1 is 1.42 bits per heavy atom. The second-order valence-electron chi connectivity index (χ2n) is 5.07. The number of rotatable bonds is 6. The molecule has 106 valence electrons. The molecule has 0 atom stereocenters. The van der Waals surface area contributed by atoms with Gasteiger partial charge in [-0.25, -0.2) is 4.98 Å². The van der Waals surface area contributed by atoms with E-state index in [1.165, 1.54) is 6.33 Å². The van der Waals surface area contributed by atoms with E-state index in [1.807, 2.05) is 6.92 Å². The minimum absolute atomic E-state index is 0.401. The predicted octanol–water partition coefficient (Wildman–Crippen LogP) is 1.56. The number of aromatic nitrogens is 2. The number of nitrogens with one attached hydrogen (secondary N) is 1. The van der Waals surface area contributed by atoms with Gasteiger partial charge >= 0.3 is 0 Å². The lowest BCUT2D eigenvalue weighted by Crippen LogP contribution is -2.33. The fourth-order valence-corrected chi connectivity index (χ4v) is 2.29. The maximum absolute atomic E-state index is 10.3. The van der Waals surface area contributed by atoms with Gasteiger partial charge < -0.3 is 20.9 Å². The molecular formula is C13H22N4O2. The molecule has 1 saturated carbocycles. The summed E-state index contributed by atoms with van der Waals surface area (Å²) in [7, 11) is 0. The van der Waals surface area contributed by atoms with Gasteiger partial charge in [0, 0.05) is 6.54 Å². The fourth-order valence-electron chi connectivity index (χ4n) is 2.29. The molecule has 2 rings (SSSR count). The molecule has 0 saturated heterocycles. The minimum Gasteiger partial charge on any atom is -0.476 e. The topological polar surface area (TPSA) is 93.3 Å². The molecule has 0 amide bonds. The van der Waals surface area contributed by atoms with E-state index < -0.39 is 5.60 Å². The normalized spacial score (nSPS) is 17.4. The largest absolute Gasteiger partial charge is 0.476 e. The zero-order valence-electron chi connectivity index (χ0n) is 11.4. The first kappa shape index (κ1) is 13.9. The van der Waals surface area contributed by atoms with Crippen molar-refractivity contribution in [3.05, 3.63) is 6.33 Å². The van der Waals surface area contributed by atoms with Gasteiger partial charge in [-0.1, -0.05) is 19.8 Å². The van der Waals surface area contributed by atoms with Crippen LogP contribution in [0.25, 0.3) is 0 Å². The molecule has 1 aromatic rings. The first-order valence-corrected chi connectivity index (χ1v) is 6.84. The van der Waals surface area contributed by atoms with Crippen molar-refractivity contribution in [1.29, 1.82) is 0 Å². The molecule has 6 heteroatoms. The van der Waals surface area contributed by atoms with Gasteiger partial charge in [-0.15, -0.1) is 0 Å². The number of nitrogens with two attached hydrogens (primary N) is 1. The van der Waals surface area contributed by atoms with Crippen molar-refractivity contribution in [2.75, 3.05) is 24.2 Å². The van der Waals surface area contributed by atoms with Crippen LogP contribution in [0.3, 0.4) is 0 Å². The molecule has 0 aromatic carbocycles. The summed E-state index contributed by atoms with van der Waals surface area (Å²) >= 11 is 0. The Balaban J connectivity index is 1.99. The average molecular weight is 266 g/mol. The Kier molecular flexibility index (Phi) is 4.42. The van der Waals surface area contributed by atoms with Crippen LogP contribution in [0.5, 0.6) is 5.88 Å². The summed E-state index contributed by atoms with van der Waals surface area (Å²) in [4.78, 5) is 8.11. The highest BCUT2D eigenvalue weighted by Gasteiger charge is 2.31. The Bertz CT molecular complexity index is 419. The molecule has 1 aliphatic carbocycles. The van der Waals surface area contributed by atoms with Gasteiger partial charge in [-0.05, 0) is 19.3 Å². The van der Waals surface area contributed by atoms with E-state index in [9.17, 15) is 5.11 Å². The first-order valence-electron chi connectivity index (χ1n) is 6.84. The Morgan fingerprint density at radius 2 is 2.16 bits per heavy atom. The van der Waals surface area contributed by atoms with Gasteiger partial charge in [-0.3, -0.25) is 0 Å². The van der Waals surface area contributed by atoms with E-state index in [4.69, 9.17) is 10.5 Å². The minimum atomic E-state index is -0.637. The number of nitrogen functional groups attached to an aromatic ring is 1. The molecule has 1 heterocycles. The van der Waals surface area contributed by atoms with Crippen LogP contribution in [-0.2, 0) is 0 Å². The summed E-state index contributed by atoms with van der Waals surface area (Å²) in [6.45, 7) is 3.05.